The summed E-state index contributed by atoms with van der Waals surface area (Å²) in [5.74, 6) is 0. The summed E-state index contributed by atoms with van der Waals surface area (Å²) in [6.07, 6.45) is 0. The molecule has 1 heteroatoms. The van der Waals surface area contributed by atoms with Gasteiger partial charge in [0.25, 0.3) is 0 Å². The van der Waals surface area contributed by atoms with Gasteiger partial charge in [-0.05, 0) is 0 Å². The van der Waals surface area contributed by atoms with Gasteiger partial charge >= 0.3 is 121 Å². The molecule has 3 aromatic rings. The monoisotopic (exact) mass is 382 g/mol. The summed E-state index contributed by atoms with van der Waals surface area (Å²) >= 11 is -2.14. The van der Waals surface area contributed by atoms with Crippen molar-refractivity contribution in [2.75, 3.05) is 0 Å². The number of hydrogen-bond donors (Lipinski definition) is 0. The third-order valence-electron chi connectivity index (χ3n) is 3.40. The van der Waals surface area contributed by atoms with Crippen LogP contribution in [0.5, 0.6) is 0 Å². The van der Waals surface area contributed by atoms with Crippen LogP contribution in [0.4, 0.5) is 0 Å². The van der Waals surface area contributed by atoms with Crippen molar-refractivity contribution in [1.29, 1.82) is 0 Å². The van der Waals surface area contributed by atoms with Crippen molar-refractivity contribution in [1.82, 2.24) is 0 Å². The molecule has 0 aromatic heterocycles. The molecule has 0 saturated carbocycles. The first-order valence-electron chi connectivity index (χ1n) is 7.60. The molecule has 0 atom stereocenters. The second-order valence-corrected chi connectivity index (χ2v) is 12.8. The Bertz CT molecular complexity index is 524. The molecule has 0 amide bonds. The Labute approximate surface area is 135 Å². The Morgan fingerprint density at radius 2 is 0.667 bits per heavy atom. The molecule has 3 aromatic carbocycles. The fourth-order valence-corrected chi connectivity index (χ4v) is 11.0. The van der Waals surface area contributed by atoms with Crippen molar-refractivity contribution < 1.29 is 0 Å². The normalized spacial score (nSPS) is 9.86. The van der Waals surface area contributed by atoms with Crippen LogP contribution in [0.25, 0.3) is 0 Å². The molecule has 21 heavy (non-hydrogen) atoms. The Morgan fingerprint density at radius 1 is 0.429 bits per heavy atom. The Kier molecular flexibility index (Phi) is 6.55. The predicted molar refractivity (Wildman–Crippen MR) is 96.7 cm³/mol. The van der Waals surface area contributed by atoms with Crippen LogP contribution in [0.1, 0.15) is 13.8 Å². The molecule has 0 aliphatic carbocycles. The van der Waals surface area contributed by atoms with Crippen LogP contribution in [0.15, 0.2) is 91.0 Å². The average molecular weight is 381 g/mol. The summed E-state index contributed by atoms with van der Waals surface area (Å²) in [6.45, 7) is 4.00. The first-order chi connectivity index (χ1) is 10.4. The summed E-state index contributed by atoms with van der Waals surface area (Å²) in [4.78, 5) is 0. The van der Waals surface area contributed by atoms with Crippen LogP contribution in [0.3, 0.4) is 0 Å². The molecule has 0 heterocycles. The minimum atomic E-state index is -2.14. The van der Waals surface area contributed by atoms with Crippen LogP contribution >= 0.6 is 0 Å². The van der Waals surface area contributed by atoms with Gasteiger partial charge < -0.3 is 0 Å². The van der Waals surface area contributed by atoms with E-state index in [0.717, 1.165) is 0 Å². The molecule has 3 rings (SSSR count). The standard InChI is InChI=1S/3C6H5.C2H6.Sn.H/c3*1-2-4-6-5-3-1;1-2;;/h3*1-5H;1-2H3;;. The van der Waals surface area contributed by atoms with Gasteiger partial charge in [0.05, 0.1) is 0 Å². The van der Waals surface area contributed by atoms with Crippen molar-refractivity contribution in [2.24, 2.45) is 0 Å². The van der Waals surface area contributed by atoms with Crippen molar-refractivity contribution in [3.63, 3.8) is 0 Å². The van der Waals surface area contributed by atoms with Gasteiger partial charge in [0.2, 0.25) is 0 Å². The maximum absolute atomic E-state index is 2.29. The summed E-state index contributed by atoms with van der Waals surface area (Å²) in [5, 5.41) is 0. The van der Waals surface area contributed by atoms with Crippen molar-refractivity contribution in [2.45, 2.75) is 13.8 Å². The minimum absolute atomic E-state index is 1.54. The molecular weight excluding hydrogens is 359 g/mol. The molecule has 0 aliphatic heterocycles. The van der Waals surface area contributed by atoms with Crippen molar-refractivity contribution in [3.8, 4) is 0 Å². The molecule has 106 valence electrons. The van der Waals surface area contributed by atoms with Gasteiger partial charge in [-0.3, -0.25) is 0 Å². The zero-order valence-corrected chi connectivity index (χ0v) is 16.0. The third kappa shape index (κ3) is 4.21. The van der Waals surface area contributed by atoms with Crippen LogP contribution in [0.2, 0.25) is 0 Å². The quantitative estimate of drug-likeness (QED) is 0.613. The second-order valence-electron chi connectivity index (χ2n) is 4.67. The van der Waals surface area contributed by atoms with E-state index >= 15 is 0 Å². The van der Waals surface area contributed by atoms with E-state index in [1.165, 1.54) is 0 Å². The molecule has 0 nitrogen and oxygen atoms in total. The summed E-state index contributed by atoms with van der Waals surface area (Å²) in [6, 6.07) is 33.0. The van der Waals surface area contributed by atoms with Gasteiger partial charge in [-0.15, -0.1) is 0 Å². The Balaban J connectivity index is 0.000000774. The molecule has 0 bridgehead atoms. The van der Waals surface area contributed by atoms with Crippen LogP contribution in [-0.4, -0.2) is 19.8 Å². The van der Waals surface area contributed by atoms with E-state index in [1.807, 2.05) is 13.8 Å². The Hall–Kier alpha value is -1.54. The maximum atomic E-state index is 2.29. The van der Waals surface area contributed by atoms with E-state index in [1.54, 1.807) is 10.7 Å². The van der Waals surface area contributed by atoms with E-state index in [-0.39, 0.29) is 0 Å². The molecule has 0 radical (unpaired) electrons. The molecule has 0 aliphatic rings. The summed E-state index contributed by atoms with van der Waals surface area (Å²) in [5.41, 5.74) is 0. The van der Waals surface area contributed by atoms with E-state index in [9.17, 15) is 0 Å². The van der Waals surface area contributed by atoms with Crippen LogP contribution in [0, 0.1) is 0 Å². The topological polar surface area (TPSA) is 0 Å². The Morgan fingerprint density at radius 3 is 0.905 bits per heavy atom. The number of rotatable bonds is 3. The molecular formula is C20H22Sn. The van der Waals surface area contributed by atoms with Gasteiger partial charge in [0.15, 0.2) is 0 Å². The van der Waals surface area contributed by atoms with E-state index in [4.69, 9.17) is 0 Å². The molecule has 0 spiro atoms. The van der Waals surface area contributed by atoms with Crippen molar-refractivity contribution >= 4 is 30.5 Å². The average Bonchev–Trinajstić information content (AvgIpc) is 2.60. The molecule has 0 fully saturated rings. The van der Waals surface area contributed by atoms with Gasteiger partial charge in [-0.25, -0.2) is 0 Å². The number of hydrogen-bond acceptors (Lipinski definition) is 0. The molecule has 0 saturated heterocycles. The fourth-order valence-electron chi connectivity index (χ4n) is 2.51. The first-order valence-corrected chi connectivity index (χ1v) is 12.5. The molecule has 0 unspecified atom stereocenters. The zero-order valence-electron chi connectivity index (χ0n) is 12.7. The summed E-state index contributed by atoms with van der Waals surface area (Å²) in [7, 11) is 0. The van der Waals surface area contributed by atoms with Gasteiger partial charge in [-0.1, -0.05) is 13.8 Å². The van der Waals surface area contributed by atoms with Gasteiger partial charge in [0, 0.05) is 0 Å². The van der Waals surface area contributed by atoms with E-state index in [0.29, 0.717) is 0 Å². The zero-order chi connectivity index (χ0) is 14.9. The van der Waals surface area contributed by atoms with Crippen LogP contribution in [-0.2, 0) is 0 Å². The van der Waals surface area contributed by atoms with Crippen molar-refractivity contribution in [3.05, 3.63) is 91.0 Å². The number of benzene rings is 3. The van der Waals surface area contributed by atoms with Gasteiger partial charge in [0.1, 0.15) is 0 Å². The van der Waals surface area contributed by atoms with Gasteiger partial charge in [-0.2, -0.15) is 0 Å². The summed E-state index contributed by atoms with van der Waals surface area (Å²) < 4.78 is 4.63. The third-order valence-corrected chi connectivity index (χ3v) is 12.4. The first kappa shape index (κ1) is 15.8. The molecule has 0 N–H and O–H groups in total. The second kappa shape index (κ2) is 8.68. The van der Waals surface area contributed by atoms with E-state index < -0.39 is 19.8 Å². The SMILES string of the molecule is CC.c1cc[c]([SnH]([c]2ccccc2)[c]2ccccc2)cc1. The van der Waals surface area contributed by atoms with E-state index in [2.05, 4.69) is 91.0 Å². The predicted octanol–water partition coefficient (Wildman–Crippen LogP) is 2.96. The fraction of sp³-hybridized carbons (Fsp3) is 0.100. The van der Waals surface area contributed by atoms with Crippen LogP contribution < -0.4 is 10.7 Å².